The Kier molecular flexibility index (Phi) is 4.20. The third-order valence-corrected chi connectivity index (χ3v) is 4.00. The highest BCUT2D eigenvalue weighted by molar-refractivity contribution is 5.65. The Morgan fingerprint density at radius 1 is 1.24 bits per heavy atom. The molecule has 3 nitrogen and oxygen atoms in total. The smallest absolute Gasteiger partial charge is 0.133 e. The Labute approximate surface area is 126 Å². The molecule has 0 spiro atoms. The van der Waals surface area contributed by atoms with Crippen molar-refractivity contribution < 1.29 is 5.11 Å². The Bertz CT molecular complexity index is 624. The van der Waals surface area contributed by atoms with Gasteiger partial charge in [-0.15, -0.1) is 0 Å². The molecular weight excluding hydrogens is 260 g/mol. The number of nitrogens with zero attached hydrogens (tertiary/aromatic N) is 2. The van der Waals surface area contributed by atoms with Gasteiger partial charge in [0.25, 0.3) is 0 Å². The molecule has 0 fully saturated rings. The molecule has 0 saturated heterocycles. The summed E-state index contributed by atoms with van der Waals surface area (Å²) in [5, 5.41) is 9.50. The van der Waals surface area contributed by atoms with Gasteiger partial charge in [0.2, 0.25) is 0 Å². The number of aliphatic hydroxyl groups is 1. The molecule has 0 atom stereocenters. The van der Waals surface area contributed by atoms with E-state index in [0.29, 0.717) is 0 Å². The minimum absolute atomic E-state index is 0.0712. The average molecular weight is 282 g/mol. The summed E-state index contributed by atoms with van der Waals surface area (Å²) in [6, 6.07) is 12.6. The molecule has 1 aliphatic rings. The molecule has 0 amide bonds. The van der Waals surface area contributed by atoms with E-state index >= 15 is 0 Å². The van der Waals surface area contributed by atoms with Gasteiger partial charge in [-0.25, -0.2) is 4.98 Å². The number of hydrogen-bond acceptors (Lipinski definition) is 3. The van der Waals surface area contributed by atoms with E-state index in [1.807, 2.05) is 12.1 Å². The minimum Gasteiger partial charge on any atom is -0.392 e. The zero-order chi connectivity index (χ0) is 14.7. The van der Waals surface area contributed by atoms with Crippen LogP contribution in [-0.2, 0) is 19.4 Å². The fourth-order valence-corrected chi connectivity index (χ4v) is 3.02. The summed E-state index contributed by atoms with van der Waals surface area (Å²) >= 11 is 0. The second-order valence-electron chi connectivity index (χ2n) is 5.62. The molecule has 110 valence electrons. The predicted octanol–water partition coefficient (Wildman–Crippen LogP) is 3.61. The summed E-state index contributed by atoms with van der Waals surface area (Å²) in [5.41, 5.74) is 4.67. The zero-order valence-corrected chi connectivity index (χ0v) is 12.5. The highest BCUT2D eigenvalue weighted by Crippen LogP contribution is 2.32. The number of pyridine rings is 1. The first-order valence-electron chi connectivity index (χ1n) is 7.78. The number of rotatable bonds is 4. The summed E-state index contributed by atoms with van der Waals surface area (Å²) in [4.78, 5) is 7.10. The molecular formula is C18H22N2O. The fourth-order valence-electron chi connectivity index (χ4n) is 3.02. The van der Waals surface area contributed by atoms with E-state index in [-0.39, 0.29) is 6.61 Å². The summed E-state index contributed by atoms with van der Waals surface area (Å²) < 4.78 is 0. The van der Waals surface area contributed by atoms with Crippen LogP contribution >= 0.6 is 0 Å². The van der Waals surface area contributed by atoms with Crippen molar-refractivity contribution in [2.24, 2.45) is 0 Å². The summed E-state index contributed by atoms with van der Waals surface area (Å²) in [6.07, 6.45) is 4.30. The van der Waals surface area contributed by atoms with Crippen LogP contribution in [0.3, 0.4) is 0 Å². The van der Waals surface area contributed by atoms with Gasteiger partial charge in [-0.2, -0.15) is 0 Å². The molecule has 0 bridgehead atoms. The third kappa shape index (κ3) is 2.93. The second kappa shape index (κ2) is 6.27. The molecule has 1 aliphatic heterocycles. The van der Waals surface area contributed by atoms with Gasteiger partial charge in [-0.1, -0.05) is 31.5 Å². The molecule has 1 aromatic heterocycles. The summed E-state index contributed by atoms with van der Waals surface area (Å²) in [7, 11) is 0. The topological polar surface area (TPSA) is 36.4 Å². The van der Waals surface area contributed by atoms with Gasteiger partial charge < -0.3 is 10.0 Å². The van der Waals surface area contributed by atoms with Gasteiger partial charge in [0.15, 0.2) is 0 Å². The summed E-state index contributed by atoms with van der Waals surface area (Å²) in [5.74, 6) is 0.970. The lowest BCUT2D eigenvalue weighted by Crippen LogP contribution is -2.25. The normalized spacial score (nSPS) is 14.1. The maximum atomic E-state index is 9.50. The Balaban J connectivity index is 2.02. The van der Waals surface area contributed by atoms with Crippen LogP contribution in [0.15, 0.2) is 36.4 Å². The van der Waals surface area contributed by atoms with Gasteiger partial charge in [-0.3, -0.25) is 0 Å². The van der Waals surface area contributed by atoms with E-state index < -0.39 is 0 Å². The first kappa shape index (κ1) is 14.1. The lowest BCUT2D eigenvalue weighted by Gasteiger charge is -2.31. The lowest BCUT2D eigenvalue weighted by atomic mass is 10.0. The first-order valence-corrected chi connectivity index (χ1v) is 7.78. The van der Waals surface area contributed by atoms with Gasteiger partial charge in [0, 0.05) is 17.9 Å². The number of aromatic nitrogens is 1. The van der Waals surface area contributed by atoms with Gasteiger partial charge in [-0.05, 0) is 48.6 Å². The van der Waals surface area contributed by atoms with Crippen LogP contribution < -0.4 is 4.90 Å². The molecule has 2 aromatic rings. The number of anilines is 2. The molecule has 0 unspecified atom stereocenters. The number of aliphatic hydroxyl groups excluding tert-OH is 1. The largest absolute Gasteiger partial charge is 0.392 e. The zero-order valence-electron chi connectivity index (χ0n) is 12.5. The fraction of sp³-hybridized carbons (Fsp3) is 0.389. The van der Waals surface area contributed by atoms with Crippen LogP contribution in [0.25, 0.3) is 0 Å². The molecule has 0 aliphatic carbocycles. The molecule has 0 saturated carbocycles. The van der Waals surface area contributed by atoms with Crippen molar-refractivity contribution in [2.45, 2.75) is 39.2 Å². The van der Waals surface area contributed by atoms with Crippen LogP contribution in [-0.4, -0.2) is 16.6 Å². The van der Waals surface area contributed by atoms with E-state index in [0.717, 1.165) is 49.3 Å². The highest BCUT2D eigenvalue weighted by Gasteiger charge is 2.19. The van der Waals surface area contributed by atoms with Crippen molar-refractivity contribution in [1.82, 2.24) is 4.98 Å². The monoisotopic (exact) mass is 282 g/mol. The minimum atomic E-state index is 0.0712. The van der Waals surface area contributed by atoms with Crippen molar-refractivity contribution in [1.29, 1.82) is 0 Å². The van der Waals surface area contributed by atoms with E-state index in [4.69, 9.17) is 4.98 Å². The number of hydrogen-bond donors (Lipinski definition) is 1. The van der Waals surface area contributed by atoms with Crippen molar-refractivity contribution in [3.8, 4) is 0 Å². The maximum absolute atomic E-state index is 9.50. The Hall–Kier alpha value is -1.87. The van der Waals surface area contributed by atoms with Crippen LogP contribution in [0.4, 0.5) is 11.5 Å². The van der Waals surface area contributed by atoms with E-state index in [2.05, 4.69) is 36.1 Å². The van der Waals surface area contributed by atoms with Gasteiger partial charge >= 0.3 is 0 Å². The Morgan fingerprint density at radius 3 is 2.90 bits per heavy atom. The molecule has 0 radical (unpaired) electrons. The molecule has 3 rings (SSSR count). The molecule has 1 N–H and O–H groups in total. The maximum Gasteiger partial charge on any atom is 0.133 e. The lowest BCUT2D eigenvalue weighted by molar-refractivity contribution is 0.281. The first-order chi connectivity index (χ1) is 10.3. The molecule has 2 heterocycles. The quantitative estimate of drug-likeness (QED) is 0.930. The SMILES string of the molecule is CCCc1cc(CO)cc(N2CCCc3ccccc32)n1. The predicted molar refractivity (Wildman–Crippen MR) is 85.9 cm³/mol. The van der Waals surface area contributed by atoms with Crippen LogP contribution in [0, 0.1) is 0 Å². The second-order valence-corrected chi connectivity index (χ2v) is 5.62. The third-order valence-electron chi connectivity index (χ3n) is 4.00. The highest BCUT2D eigenvalue weighted by atomic mass is 16.3. The van der Waals surface area contributed by atoms with Crippen molar-refractivity contribution in [2.75, 3.05) is 11.4 Å². The van der Waals surface area contributed by atoms with Crippen molar-refractivity contribution in [3.63, 3.8) is 0 Å². The molecule has 21 heavy (non-hydrogen) atoms. The van der Waals surface area contributed by atoms with E-state index in [1.165, 1.54) is 11.3 Å². The Morgan fingerprint density at radius 2 is 2.10 bits per heavy atom. The number of para-hydroxylation sites is 1. The number of benzene rings is 1. The van der Waals surface area contributed by atoms with E-state index in [1.54, 1.807) is 0 Å². The van der Waals surface area contributed by atoms with Crippen molar-refractivity contribution >= 4 is 11.5 Å². The van der Waals surface area contributed by atoms with E-state index in [9.17, 15) is 5.11 Å². The van der Waals surface area contributed by atoms with Crippen LogP contribution in [0.1, 0.15) is 36.6 Å². The van der Waals surface area contributed by atoms with Gasteiger partial charge in [0.05, 0.1) is 6.61 Å². The number of aryl methyl sites for hydroxylation is 2. The van der Waals surface area contributed by atoms with Crippen molar-refractivity contribution in [3.05, 3.63) is 53.2 Å². The summed E-state index contributed by atoms with van der Waals surface area (Å²) in [6.45, 7) is 3.22. The van der Waals surface area contributed by atoms with Crippen LogP contribution in [0.2, 0.25) is 0 Å². The standard InChI is InChI=1S/C18H22N2O/c1-2-6-16-11-14(13-21)12-18(19-16)20-10-5-8-15-7-3-4-9-17(15)20/h3-4,7,9,11-12,21H,2,5-6,8,10,13H2,1H3. The molecule has 3 heteroatoms. The van der Waals surface area contributed by atoms with Crippen LogP contribution in [0.5, 0.6) is 0 Å². The number of fused-ring (bicyclic) bond motifs is 1. The van der Waals surface area contributed by atoms with Gasteiger partial charge in [0.1, 0.15) is 5.82 Å². The average Bonchev–Trinajstić information content (AvgIpc) is 2.54. The molecule has 1 aromatic carbocycles.